The van der Waals surface area contributed by atoms with Crippen LogP contribution in [0.3, 0.4) is 0 Å². The minimum atomic E-state index is 0.138. The summed E-state index contributed by atoms with van der Waals surface area (Å²) in [7, 11) is 3.24. The van der Waals surface area contributed by atoms with E-state index in [0.29, 0.717) is 18.0 Å². The third-order valence-electron chi connectivity index (χ3n) is 3.35. The quantitative estimate of drug-likeness (QED) is 0.521. The minimum absolute atomic E-state index is 0.138. The fraction of sp³-hybridized carbons (Fsp3) is 0.316. The van der Waals surface area contributed by atoms with Crippen molar-refractivity contribution < 1.29 is 14.2 Å². The van der Waals surface area contributed by atoms with E-state index < -0.39 is 0 Å². The molecule has 1 N–H and O–H groups in total. The zero-order valence-corrected chi connectivity index (χ0v) is 16.5. The lowest BCUT2D eigenvalue weighted by atomic mass is 10.2. The second-order valence-electron chi connectivity index (χ2n) is 5.64. The van der Waals surface area contributed by atoms with E-state index in [1.807, 2.05) is 50.2 Å². The highest BCUT2D eigenvalue weighted by atomic mass is 79.9. The first-order chi connectivity index (χ1) is 12.0. The van der Waals surface area contributed by atoms with E-state index in [4.69, 9.17) is 14.2 Å². The van der Waals surface area contributed by atoms with Crippen LogP contribution in [-0.4, -0.2) is 26.5 Å². The summed E-state index contributed by atoms with van der Waals surface area (Å²) >= 11 is 3.52. The van der Waals surface area contributed by atoms with E-state index >= 15 is 0 Å². The molecule has 25 heavy (non-hydrogen) atoms. The molecule has 0 heterocycles. The van der Waals surface area contributed by atoms with Crippen molar-refractivity contribution in [2.24, 2.45) is 5.10 Å². The first-order valence-corrected chi connectivity index (χ1v) is 8.75. The highest BCUT2D eigenvalue weighted by Gasteiger charge is 2.05. The van der Waals surface area contributed by atoms with Gasteiger partial charge in [-0.05, 0) is 71.2 Å². The van der Waals surface area contributed by atoms with Gasteiger partial charge in [0.1, 0.15) is 5.75 Å². The second kappa shape index (κ2) is 9.32. The maximum atomic E-state index is 5.70. The van der Waals surface area contributed by atoms with Gasteiger partial charge in [-0.25, -0.2) is 0 Å². The number of halogens is 1. The molecule has 0 amide bonds. The lowest BCUT2D eigenvalue weighted by Crippen LogP contribution is -2.07. The number of hydrogen-bond donors (Lipinski definition) is 1. The van der Waals surface area contributed by atoms with E-state index in [9.17, 15) is 0 Å². The number of hydrogen-bond acceptors (Lipinski definition) is 5. The Morgan fingerprint density at radius 1 is 1.04 bits per heavy atom. The van der Waals surface area contributed by atoms with Crippen molar-refractivity contribution in [3.63, 3.8) is 0 Å². The third-order valence-corrected chi connectivity index (χ3v) is 3.97. The van der Waals surface area contributed by atoms with Crippen molar-refractivity contribution >= 4 is 22.1 Å². The molecular weight excluding hydrogens is 384 g/mol. The predicted octanol–water partition coefficient (Wildman–Crippen LogP) is 4.38. The van der Waals surface area contributed by atoms with Crippen LogP contribution in [0.2, 0.25) is 0 Å². The molecule has 6 heteroatoms. The number of nitrogens with one attached hydrogen (secondary N) is 1. The Morgan fingerprint density at radius 2 is 1.76 bits per heavy atom. The highest BCUT2D eigenvalue weighted by Crippen LogP contribution is 2.28. The van der Waals surface area contributed by atoms with Crippen LogP contribution in [0.5, 0.6) is 17.2 Å². The molecule has 0 aliphatic heterocycles. The summed E-state index contributed by atoms with van der Waals surface area (Å²) in [5.74, 6) is 2.24. The zero-order chi connectivity index (χ0) is 18.2. The summed E-state index contributed by atoms with van der Waals surface area (Å²) in [6.45, 7) is 4.59. The molecule has 0 saturated heterocycles. The maximum absolute atomic E-state index is 5.70. The fourth-order valence-corrected chi connectivity index (χ4v) is 2.68. The molecule has 0 aromatic heterocycles. The molecule has 2 aromatic carbocycles. The van der Waals surface area contributed by atoms with Crippen LogP contribution in [0.1, 0.15) is 25.0 Å². The van der Waals surface area contributed by atoms with Gasteiger partial charge in [0.05, 0.1) is 37.6 Å². The Labute approximate surface area is 157 Å². The lowest BCUT2D eigenvalue weighted by Gasteiger charge is -2.11. The summed E-state index contributed by atoms with van der Waals surface area (Å²) in [6, 6.07) is 11.6. The maximum Gasteiger partial charge on any atom is 0.161 e. The Hall–Kier alpha value is -2.21. The Balaban J connectivity index is 1.94. The van der Waals surface area contributed by atoms with Crippen molar-refractivity contribution in [2.45, 2.75) is 26.5 Å². The molecule has 0 bridgehead atoms. The largest absolute Gasteiger partial charge is 0.493 e. The van der Waals surface area contributed by atoms with E-state index in [1.165, 1.54) is 0 Å². The summed E-state index contributed by atoms with van der Waals surface area (Å²) < 4.78 is 17.1. The van der Waals surface area contributed by atoms with Crippen LogP contribution in [-0.2, 0) is 6.54 Å². The van der Waals surface area contributed by atoms with Crippen molar-refractivity contribution in [3.8, 4) is 17.2 Å². The summed E-state index contributed by atoms with van der Waals surface area (Å²) in [5.41, 5.74) is 5.06. The highest BCUT2D eigenvalue weighted by molar-refractivity contribution is 9.10. The second-order valence-corrected chi connectivity index (χ2v) is 6.49. The predicted molar refractivity (Wildman–Crippen MR) is 104 cm³/mol. The molecule has 0 aliphatic carbocycles. The number of methoxy groups -OCH3 is 2. The van der Waals surface area contributed by atoms with Gasteiger partial charge in [-0.2, -0.15) is 5.10 Å². The molecule has 0 aliphatic rings. The van der Waals surface area contributed by atoms with Crippen molar-refractivity contribution in [3.05, 3.63) is 52.0 Å². The van der Waals surface area contributed by atoms with Gasteiger partial charge in [-0.15, -0.1) is 0 Å². The standard InChI is InChI=1S/C19H23BrN2O3/c1-13(2)25-17-7-5-14(9-16(17)20)11-21-22-12-15-6-8-18(23-3)19(10-15)24-4/h5-11,13,22H,12H2,1-4H3/b21-11-. The normalized spacial score (nSPS) is 11.0. The molecule has 5 nitrogen and oxygen atoms in total. The molecule has 0 radical (unpaired) electrons. The van der Waals surface area contributed by atoms with Crippen LogP contribution in [0.4, 0.5) is 0 Å². The molecule has 134 valence electrons. The minimum Gasteiger partial charge on any atom is -0.493 e. The first-order valence-electron chi connectivity index (χ1n) is 7.96. The Morgan fingerprint density at radius 3 is 2.40 bits per heavy atom. The molecule has 0 saturated carbocycles. The molecule has 0 atom stereocenters. The number of benzene rings is 2. The van der Waals surface area contributed by atoms with Crippen LogP contribution >= 0.6 is 15.9 Å². The first kappa shape index (κ1) is 19.1. The molecule has 0 fully saturated rings. The molecule has 0 spiro atoms. The van der Waals surface area contributed by atoms with Crippen LogP contribution in [0.15, 0.2) is 46.0 Å². The lowest BCUT2D eigenvalue weighted by molar-refractivity contribution is 0.241. The molecule has 0 unspecified atom stereocenters. The van der Waals surface area contributed by atoms with Crippen molar-refractivity contribution in [2.75, 3.05) is 14.2 Å². The topological polar surface area (TPSA) is 52.1 Å². The average molecular weight is 407 g/mol. The van der Waals surface area contributed by atoms with Gasteiger partial charge in [0, 0.05) is 0 Å². The number of rotatable bonds is 8. The molecule has 2 aromatic rings. The average Bonchev–Trinajstić information content (AvgIpc) is 2.60. The van der Waals surface area contributed by atoms with Crippen LogP contribution in [0.25, 0.3) is 0 Å². The molecular formula is C19H23BrN2O3. The summed E-state index contributed by atoms with van der Waals surface area (Å²) in [5, 5.41) is 4.26. The van der Waals surface area contributed by atoms with Gasteiger partial charge in [0.25, 0.3) is 0 Å². The summed E-state index contributed by atoms with van der Waals surface area (Å²) in [4.78, 5) is 0. The van der Waals surface area contributed by atoms with E-state index in [-0.39, 0.29) is 6.10 Å². The third kappa shape index (κ3) is 5.67. The van der Waals surface area contributed by atoms with E-state index in [1.54, 1.807) is 20.4 Å². The van der Waals surface area contributed by atoms with Crippen LogP contribution < -0.4 is 19.6 Å². The van der Waals surface area contributed by atoms with Gasteiger partial charge in [0.15, 0.2) is 11.5 Å². The smallest absolute Gasteiger partial charge is 0.161 e. The van der Waals surface area contributed by atoms with Gasteiger partial charge < -0.3 is 19.6 Å². The Kier molecular flexibility index (Phi) is 7.13. The van der Waals surface area contributed by atoms with Crippen LogP contribution in [0, 0.1) is 0 Å². The van der Waals surface area contributed by atoms with E-state index in [0.717, 1.165) is 21.3 Å². The SMILES string of the molecule is COc1ccc(CN/N=C\c2ccc(OC(C)C)c(Br)c2)cc1OC. The van der Waals surface area contributed by atoms with E-state index in [2.05, 4.69) is 26.5 Å². The Bertz CT molecular complexity index is 733. The van der Waals surface area contributed by atoms with Gasteiger partial charge >= 0.3 is 0 Å². The zero-order valence-electron chi connectivity index (χ0n) is 14.9. The summed E-state index contributed by atoms with van der Waals surface area (Å²) in [6.07, 6.45) is 1.91. The fourth-order valence-electron chi connectivity index (χ4n) is 2.19. The number of nitrogens with zero attached hydrogens (tertiary/aromatic N) is 1. The molecule has 2 rings (SSSR count). The number of ether oxygens (including phenoxy) is 3. The monoisotopic (exact) mass is 406 g/mol. The number of hydrazone groups is 1. The van der Waals surface area contributed by atoms with Gasteiger partial charge in [-0.1, -0.05) is 6.07 Å². The van der Waals surface area contributed by atoms with Gasteiger partial charge in [-0.3, -0.25) is 0 Å². The van der Waals surface area contributed by atoms with Crippen molar-refractivity contribution in [1.29, 1.82) is 0 Å². The van der Waals surface area contributed by atoms with Crippen molar-refractivity contribution in [1.82, 2.24) is 5.43 Å². The van der Waals surface area contributed by atoms with Gasteiger partial charge in [0.2, 0.25) is 0 Å².